The molecule has 3 N–H and O–H groups in total. The highest BCUT2D eigenvalue weighted by Crippen LogP contribution is 2.31. The SMILES string of the molecule is O=C(Nc1ccc(NC(=S)NCc2ccc(F)c(C(F)(F)F)c2)cc1)c1ccccc1F. The Morgan fingerprint density at radius 1 is 0.844 bits per heavy atom. The second-order valence-corrected chi connectivity index (χ2v) is 7.04. The van der Waals surface area contributed by atoms with Crippen LogP contribution in [-0.2, 0) is 12.7 Å². The Balaban J connectivity index is 1.55. The van der Waals surface area contributed by atoms with Crippen molar-refractivity contribution in [2.75, 3.05) is 10.6 Å². The van der Waals surface area contributed by atoms with Crippen molar-refractivity contribution >= 4 is 34.6 Å². The maximum Gasteiger partial charge on any atom is 0.419 e. The van der Waals surface area contributed by atoms with E-state index in [-0.39, 0.29) is 22.8 Å². The van der Waals surface area contributed by atoms with Crippen LogP contribution >= 0.6 is 12.2 Å². The molecule has 10 heteroatoms. The Hall–Kier alpha value is -3.53. The molecule has 3 aromatic carbocycles. The first-order chi connectivity index (χ1) is 15.1. The summed E-state index contributed by atoms with van der Waals surface area (Å²) in [6.45, 7) is -0.0496. The lowest BCUT2D eigenvalue weighted by Gasteiger charge is -2.13. The number of benzene rings is 3. The van der Waals surface area contributed by atoms with Gasteiger partial charge in [-0.05, 0) is 66.3 Å². The van der Waals surface area contributed by atoms with Crippen LogP contribution in [0, 0.1) is 11.6 Å². The molecule has 0 spiro atoms. The predicted octanol–water partition coefficient (Wildman–Crippen LogP) is 5.72. The van der Waals surface area contributed by atoms with Gasteiger partial charge in [0, 0.05) is 17.9 Å². The molecule has 1 amide bonds. The zero-order valence-electron chi connectivity index (χ0n) is 16.3. The van der Waals surface area contributed by atoms with Gasteiger partial charge in [0.25, 0.3) is 5.91 Å². The standard InChI is InChI=1S/C22H16F5N3OS/c23-18-4-2-1-3-16(18)20(31)29-14-6-8-15(9-7-14)30-21(32)28-12-13-5-10-19(24)17(11-13)22(25,26)27/h1-11H,12H2,(H,29,31)(H2,28,30,32). The molecule has 0 aliphatic heterocycles. The Kier molecular flexibility index (Phi) is 7.04. The summed E-state index contributed by atoms with van der Waals surface area (Å²) in [7, 11) is 0. The molecule has 0 aromatic heterocycles. The van der Waals surface area contributed by atoms with Crippen molar-refractivity contribution in [1.82, 2.24) is 5.32 Å². The van der Waals surface area contributed by atoms with E-state index >= 15 is 0 Å². The van der Waals surface area contributed by atoms with Crippen molar-refractivity contribution in [3.8, 4) is 0 Å². The number of rotatable bonds is 5. The molecule has 32 heavy (non-hydrogen) atoms. The fraction of sp³-hybridized carbons (Fsp3) is 0.0909. The molecule has 0 radical (unpaired) electrons. The van der Waals surface area contributed by atoms with E-state index in [1.54, 1.807) is 30.3 Å². The van der Waals surface area contributed by atoms with Crippen LogP contribution in [0.2, 0.25) is 0 Å². The van der Waals surface area contributed by atoms with Gasteiger partial charge < -0.3 is 16.0 Å². The summed E-state index contributed by atoms with van der Waals surface area (Å²) in [6, 6.07) is 14.6. The van der Waals surface area contributed by atoms with Gasteiger partial charge in [0.15, 0.2) is 5.11 Å². The molecule has 0 atom stereocenters. The molecular formula is C22H16F5N3OS. The topological polar surface area (TPSA) is 53.2 Å². The van der Waals surface area contributed by atoms with Crippen molar-refractivity contribution in [2.24, 2.45) is 0 Å². The van der Waals surface area contributed by atoms with Gasteiger partial charge in [-0.15, -0.1) is 0 Å². The van der Waals surface area contributed by atoms with Crippen LogP contribution in [-0.4, -0.2) is 11.0 Å². The Bertz CT molecular complexity index is 1130. The summed E-state index contributed by atoms with van der Waals surface area (Å²) in [4.78, 5) is 12.1. The molecule has 0 aliphatic rings. The van der Waals surface area contributed by atoms with Gasteiger partial charge in [0.05, 0.1) is 11.1 Å². The van der Waals surface area contributed by atoms with E-state index in [0.29, 0.717) is 11.4 Å². The van der Waals surface area contributed by atoms with Gasteiger partial charge in [-0.3, -0.25) is 4.79 Å². The Morgan fingerprint density at radius 3 is 2.09 bits per heavy atom. The Labute approximate surface area is 185 Å². The molecule has 4 nitrogen and oxygen atoms in total. The monoisotopic (exact) mass is 465 g/mol. The van der Waals surface area contributed by atoms with Crippen LogP contribution in [0.4, 0.5) is 33.3 Å². The molecule has 0 saturated carbocycles. The van der Waals surface area contributed by atoms with E-state index in [0.717, 1.165) is 12.1 Å². The van der Waals surface area contributed by atoms with Crippen molar-refractivity contribution in [1.29, 1.82) is 0 Å². The highest BCUT2D eigenvalue weighted by Gasteiger charge is 2.34. The summed E-state index contributed by atoms with van der Waals surface area (Å²) in [6.07, 6.45) is -4.79. The zero-order chi connectivity index (χ0) is 23.3. The molecule has 3 aromatic rings. The molecule has 3 rings (SSSR count). The lowest BCUT2D eigenvalue weighted by Crippen LogP contribution is -2.28. The summed E-state index contributed by atoms with van der Waals surface area (Å²) < 4.78 is 65.4. The third-order valence-electron chi connectivity index (χ3n) is 4.31. The van der Waals surface area contributed by atoms with Crippen molar-refractivity contribution < 1.29 is 26.7 Å². The summed E-state index contributed by atoms with van der Waals surface area (Å²) in [5.74, 6) is -2.58. The highest BCUT2D eigenvalue weighted by molar-refractivity contribution is 7.80. The Morgan fingerprint density at radius 2 is 1.47 bits per heavy atom. The minimum absolute atomic E-state index is 0.0496. The number of hydrogen-bond acceptors (Lipinski definition) is 2. The molecular weight excluding hydrogens is 449 g/mol. The van der Waals surface area contributed by atoms with Crippen molar-refractivity contribution in [3.05, 3.63) is 95.1 Å². The van der Waals surface area contributed by atoms with Crippen LogP contribution in [0.15, 0.2) is 66.7 Å². The zero-order valence-corrected chi connectivity index (χ0v) is 17.1. The molecule has 166 valence electrons. The number of nitrogens with one attached hydrogen (secondary N) is 3. The molecule has 0 aliphatic carbocycles. The van der Waals surface area contributed by atoms with Gasteiger partial charge in [-0.2, -0.15) is 13.2 Å². The van der Waals surface area contributed by atoms with Crippen molar-refractivity contribution in [3.63, 3.8) is 0 Å². The normalized spacial score (nSPS) is 11.0. The van der Waals surface area contributed by atoms with E-state index in [2.05, 4.69) is 16.0 Å². The average molecular weight is 465 g/mol. The molecule has 0 unspecified atom stereocenters. The second-order valence-electron chi connectivity index (χ2n) is 6.63. The minimum atomic E-state index is -4.79. The minimum Gasteiger partial charge on any atom is -0.358 e. The predicted molar refractivity (Wildman–Crippen MR) is 115 cm³/mol. The summed E-state index contributed by atoms with van der Waals surface area (Å²) >= 11 is 5.12. The van der Waals surface area contributed by atoms with Crippen LogP contribution in [0.1, 0.15) is 21.5 Å². The number of halogens is 5. The van der Waals surface area contributed by atoms with E-state index in [1.807, 2.05) is 0 Å². The maximum absolute atomic E-state index is 13.7. The van der Waals surface area contributed by atoms with Gasteiger partial charge in [-0.25, -0.2) is 8.78 Å². The first kappa shape index (κ1) is 23.1. The highest BCUT2D eigenvalue weighted by atomic mass is 32.1. The molecule has 0 bridgehead atoms. The quantitative estimate of drug-likeness (QED) is 0.333. The van der Waals surface area contributed by atoms with E-state index in [4.69, 9.17) is 12.2 Å². The average Bonchev–Trinajstić information content (AvgIpc) is 2.74. The fourth-order valence-corrected chi connectivity index (χ4v) is 2.93. The van der Waals surface area contributed by atoms with Crippen molar-refractivity contribution in [2.45, 2.75) is 12.7 Å². The number of carbonyl (C=O) groups excluding carboxylic acids is 1. The molecule has 0 saturated heterocycles. The van der Waals surface area contributed by atoms with E-state index < -0.39 is 29.3 Å². The first-order valence-corrected chi connectivity index (χ1v) is 9.61. The third kappa shape index (κ3) is 6.01. The third-order valence-corrected chi connectivity index (χ3v) is 4.55. The largest absolute Gasteiger partial charge is 0.419 e. The lowest BCUT2D eigenvalue weighted by molar-refractivity contribution is -0.140. The van der Waals surface area contributed by atoms with Crippen LogP contribution < -0.4 is 16.0 Å². The van der Waals surface area contributed by atoms with E-state index in [9.17, 15) is 26.7 Å². The number of alkyl halides is 3. The van der Waals surface area contributed by atoms with Gasteiger partial charge in [0.2, 0.25) is 0 Å². The second kappa shape index (κ2) is 9.73. The first-order valence-electron chi connectivity index (χ1n) is 9.20. The molecule has 0 fully saturated rings. The number of carbonyl (C=O) groups is 1. The van der Waals surface area contributed by atoms with Gasteiger partial charge in [-0.1, -0.05) is 18.2 Å². The van der Waals surface area contributed by atoms with Gasteiger partial charge >= 0.3 is 6.18 Å². The summed E-state index contributed by atoms with van der Waals surface area (Å²) in [5, 5.41) is 8.28. The smallest absolute Gasteiger partial charge is 0.358 e. The lowest BCUT2D eigenvalue weighted by atomic mass is 10.1. The van der Waals surface area contributed by atoms with Crippen LogP contribution in [0.5, 0.6) is 0 Å². The number of anilines is 2. The fourth-order valence-electron chi connectivity index (χ4n) is 2.74. The van der Waals surface area contributed by atoms with Crippen LogP contribution in [0.25, 0.3) is 0 Å². The summed E-state index contributed by atoms with van der Waals surface area (Å²) in [5.41, 5.74) is -0.262. The number of amides is 1. The van der Waals surface area contributed by atoms with Gasteiger partial charge in [0.1, 0.15) is 11.6 Å². The maximum atomic E-state index is 13.7. The molecule has 0 heterocycles. The number of hydrogen-bond donors (Lipinski definition) is 3. The number of thiocarbonyl (C=S) groups is 1. The van der Waals surface area contributed by atoms with E-state index in [1.165, 1.54) is 24.3 Å². The van der Waals surface area contributed by atoms with Crippen LogP contribution in [0.3, 0.4) is 0 Å².